The molecule has 47 heavy (non-hydrogen) atoms. The molecule has 0 saturated heterocycles. The minimum Gasteiger partial charge on any atom is -0.492 e. The molecular formula is C37H35Cl2N3O4S. The maximum Gasteiger partial charge on any atom is 0.232 e. The maximum atomic E-state index is 13.7. The van der Waals surface area contributed by atoms with Crippen LogP contribution in [0.1, 0.15) is 21.5 Å². The van der Waals surface area contributed by atoms with Crippen LogP contribution in [0.15, 0.2) is 121 Å². The number of carbonyl (C=O) groups is 1. The summed E-state index contributed by atoms with van der Waals surface area (Å²) in [7, 11) is -3.70. The number of aromatic amines is 1. The molecule has 7 nitrogen and oxygen atoms in total. The van der Waals surface area contributed by atoms with Gasteiger partial charge >= 0.3 is 0 Å². The van der Waals surface area contributed by atoms with Gasteiger partial charge in [-0.2, -0.15) is 0 Å². The zero-order chi connectivity index (χ0) is 32.1. The van der Waals surface area contributed by atoms with Crippen LogP contribution in [0.4, 0.5) is 5.69 Å². The number of nitrogens with zero attached hydrogens (tertiary/aromatic N) is 2. The first kappa shape index (κ1) is 34.0. The SMILES string of the molecule is CS(=O)(=O)N(Cc1ccccc1)c1cc(C(=O)CN(CCOc2ccc3c(c2)[nH]c2ccccc23)Cc2ccccc2)ccc1Cl.Cl. The molecule has 0 bridgehead atoms. The first-order valence-electron chi connectivity index (χ1n) is 15.0. The van der Waals surface area contributed by atoms with Crippen LogP contribution < -0.4 is 9.04 Å². The molecule has 0 unspecified atom stereocenters. The molecular weight excluding hydrogens is 653 g/mol. The minimum atomic E-state index is -3.70. The second-order valence-corrected chi connectivity index (χ2v) is 13.6. The van der Waals surface area contributed by atoms with E-state index in [0.29, 0.717) is 25.3 Å². The molecule has 0 aliphatic carbocycles. The van der Waals surface area contributed by atoms with Crippen molar-refractivity contribution in [1.29, 1.82) is 0 Å². The van der Waals surface area contributed by atoms with Gasteiger partial charge in [0, 0.05) is 41.0 Å². The van der Waals surface area contributed by atoms with E-state index < -0.39 is 10.0 Å². The number of ketones is 1. The number of Topliss-reactive ketones (excluding diaryl/α,β-unsaturated/α-hetero) is 1. The highest BCUT2D eigenvalue weighted by atomic mass is 35.5. The largest absolute Gasteiger partial charge is 0.492 e. The number of aromatic nitrogens is 1. The first-order valence-corrected chi connectivity index (χ1v) is 17.2. The number of benzene rings is 5. The summed E-state index contributed by atoms with van der Waals surface area (Å²) in [5.41, 5.74) is 4.60. The quantitative estimate of drug-likeness (QED) is 0.124. The fourth-order valence-corrected chi connectivity index (χ4v) is 6.74. The van der Waals surface area contributed by atoms with Gasteiger partial charge in [0.05, 0.1) is 35.6 Å². The number of hydrogen-bond acceptors (Lipinski definition) is 5. The molecule has 0 fully saturated rings. The maximum absolute atomic E-state index is 13.7. The first-order chi connectivity index (χ1) is 22.2. The predicted octanol–water partition coefficient (Wildman–Crippen LogP) is 8.13. The molecule has 0 spiro atoms. The van der Waals surface area contributed by atoms with E-state index >= 15 is 0 Å². The Morgan fingerprint density at radius 2 is 1.40 bits per heavy atom. The van der Waals surface area contributed by atoms with Gasteiger partial charge in [-0.25, -0.2) is 8.42 Å². The highest BCUT2D eigenvalue weighted by Crippen LogP contribution is 2.31. The van der Waals surface area contributed by atoms with Gasteiger partial charge in [0.15, 0.2) is 5.78 Å². The van der Waals surface area contributed by atoms with Crippen molar-refractivity contribution in [3.05, 3.63) is 143 Å². The summed E-state index contributed by atoms with van der Waals surface area (Å²) >= 11 is 6.52. The molecule has 0 amide bonds. The van der Waals surface area contributed by atoms with E-state index in [-0.39, 0.29) is 42.0 Å². The number of halogens is 2. The molecule has 1 N–H and O–H groups in total. The molecule has 0 atom stereocenters. The van der Waals surface area contributed by atoms with E-state index in [4.69, 9.17) is 16.3 Å². The number of ether oxygens (including phenoxy) is 1. The number of para-hydroxylation sites is 1. The number of H-pyrrole nitrogens is 1. The van der Waals surface area contributed by atoms with Gasteiger partial charge in [-0.3, -0.25) is 14.0 Å². The van der Waals surface area contributed by atoms with Crippen LogP contribution in [0.25, 0.3) is 21.8 Å². The Labute approximate surface area is 286 Å². The number of anilines is 1. The average Bonchev–Trinajstić information content (AvgIpc) is 3.42. The fourth-order valence-electron chi connectivity index (χ4n) is 5.57. The van der Waals surface area contributed by atoms with Crippen LogP contribution in [0.2, 0.25) is 5.02 Å². The molecule has 1 aromatic heterocycles. The van der Waals surface area contributed by atoms with Crippen molar-refractivity contribution in [2.45, 2.75) is 13.1 Å². The van der Waals surface area contributed by atoms with Gasteiger partial charge in [0.25, 0.3) is 0 Å². The number of nitrogens with one attached hydrogen (secondary N) is 1. The molecule has 242 valence electrons. The Kier molecular flexibility index (Phi) is 10.9. The van der Waals surface area contributed by atoms with Crippen LogP contribution in [0, 0.1) is 0 Å². The average molecular weight is 689 g/mol. The van der Waals surface area contributed by atoms with Crippen molar-refractivity contribution >= 4 is 67.3 Å². The zero-order valence-electron chi connectivity index (χ0n) is 25.8. The molecule has 10 heteroatoms. The molecule has 6 rings (SSSR count). The normalized spacial score (nSPS) is 11.5. The van der Waals surface area contributed by atoms with Crippen LogP contribution in [-0.2, 0) is 23.1 Å². The zero-order valence-corrected chi connectivity index (χ0v) is 28.2. The molecule has 0 aliphatic heterocycles. The van der Waals surface area contributed by atoms with E-state index in [1.54, 1.807) is 18.2 Å². The molecule has 0 saturated carbocycles. The van der Waals surface area contributed by atoms with Gasteiger partial charge in [-0.05, 0) is 47.5 Å². The molecule has 6 aromatic rings. The van der Waals surface area contributed by atoms with Crippen LogP contribution >= 0.6 is 24.0 Å². The van der Waals surface area contributed by atoms with E-state index in [0.717, 1.165) is 39.6 Å². The lowest BCUT2D eigenvalue weighted by molar-refractivity contribution is 0.0912. The van der Waals surface area contributed by atoms with Gasteiger partial charge in [-0.1, -0.05) is 90.5 Å². The van der Waals surface area contributed by atoms with E-state index in [9.17, 15) is 13.2 Å². The molecule has 1 heterocycles. The summed E-state index contributed by atoms with van der Waals surface area (Å²) in [6.45, 7) is 1.61. The second-order valence-electron chi connectivity index (χ2n) is 11.3. The van der Waals surface area contributed by atoms with Gasteiger partial charge in [0.1, 0.15) is 12.4 Å². The summed E-state index contributed by atoms with van der Waals surface area (Å²) in [6, 6.07) is 38.2. The van der Waals surface area contributed by atoms with E-state index in [1.807, 2.05) is 89.8 Å². The fraction of sp³-hybridized carbons (Fsp3) is 0.162. The lowest BCUT2D eigenvalue weighted by atomic mass is 10.1. The minimum absolute atomic E-state index is 0. The summed E-state index contributed by atoms with van der Waals surface area (Å²) in [5.74, 6) is 0.591. The Bertz CT molecular complexity index is 2090. The van der Waals surface area contributed by atoms with Crippen molar-refractivity contribution in [2.75, 3.05) is 30.3 Å². The highest BCUT2D eigenvalue weighted by Gasteiger charge is 2.23. The summed E-state index contributed by atoms with van der Waals surface area (Å²) in [5, 5.41) is 2.56. The standard InChI is InChI=1S/C37H34ClN3O4S.ClH/c1-46(43,44)41(25-28-12-6-3-7-13-28)36-22-29(16-19-33(36)38)37(42)26-40(24-27-10-4-2-5-11-27)20-21-45-30-17-18-32-31-14-8-9-15-34(31)39-35(32)23-30;/h2-19,22-23,39H,20-21,24-26H2,1H3;1H. The topological polar surface area (TPSA) is 82.7 Å². The van der Waals surface area contributed by atoms with Crippen molar-refractivity contribution < 1.29 is 17.9 Å². The van der Waals surface area contributed by atoms with Crippen molar-refractivity contribution in [1.82, 2.24) is 9.88 Å². The number of fused-ring (bicyclic) bond motifs is 3. The third-order valence-electron chi connectivity index (χ3n) is 7.88. The van der Waals surface area contributed by atoms with Gasteiger partial charge in [0.2, 0.25) is 10.0 Å². The number of sulfonamides is 1. The Balaban J connectivity index is 0.00000433. The highest BCUT2D eigenvalue weighted by molar-refractivity contribution is 7.92. The van der Waals surface area contributed by atoms with Crippen LogP contribution in [0.3, 0.4) is 0 Å². The molecule has 5 aromatic carbocycles. The van der Waals surface area contributed by atoms with Crippen LogP contribution in [0.5, 0.6) is 5.75 Å². The van der Waals surface area contributed by atoms with Crippen molar-refractivity contribution in [2.24, 2.45) is 0 Å². The third kappa shape index (κ3) is 8.34. The van der Waals surface area contributed by atoms with Crippen molar-refractivity contribution in [3.63, 3.8) is 0 Å². The Morgan fingerprint density at radius 1 is 0.766 bits per heavy atom. The summed E-state index contributed by atoms with van der Waals surface area (Å²) in [6.07, 6.45) is 1.14. The van der Waals surface area contributed by atoms with Gasteiger partial charge in [-0.15, -0.1) is 12.4 Å². The predicted molar refractivity (Wildman–Crippen MR) is 194 cm³/mol. The number of rotatable bonds is 13. The molecule has 0 radical (unpaired) electrons. The number of hydrogen-bond donors (Lipinski definition) is 1. The number of carbonyl (C=O) groups excluding carboxylic acids is 1. The molecule has 0 aliphatic rings. The second kappa shape index (κ2) is 15.0. The monoisotopic (exact) mass is 687 g/mol. The van der Waals surface area contributed by atoms with Crippen molar-refractivity contribution in [3.8, 4) is 5.75 Å². The Morgan fingerprint density at radius 3 is 2.11 bits per heavy atom. The van der Waals surface area contributed by atoms with Gasteiger partial charge < -0.3 is 9.72 Å². The van der Waals surface area contributed by atoms with Crippen LogP contribution in [-0.4, -0.2) is 50.0 Å². The van der Waals surface area contributed by atoms with E-state index in [1.165, 1.54) is 9.69 Å². The summed E-state index contributed by atoms with van der Waals surface area (Å²) < 4.78 is 33.1. The Hall–Kier alpha value is -4.34. The summed E-state index contributed by atoms with van der Waals surface area (Å²) in [4.78, 5) is 19.2. The smallest absolute Gasteiger partial charge is 0.232 e. The lowest BCUT2D eigenvalue weighted by Crippen LogP contribution is -2.33. The van der Waals surface area contributed by atoms with E-state index in [2.05, 4.69) is 23.2 Å². The third-order valence-corrected chi connectivity index (χ3v) is 9.32. The lowest BCUT2D eigenvalue weighted by Gasteiger charge is -2.25.